The molecule has 0 aliphatic heterocycles. The fraction of sp³-hybridized carbons (Fsp3) is 0.0833. The van der Waals surface area contributed by atoms with Crippen molar-refractivity contribution in [1.82, 2.24) is 9.97 Å². The number of aryl methyl sites for hydroxylation is 1. The molecular weight excluding hydrogens is 268 g/mol. The van der Waals surface area contributed by atoms with Crippen molar-refractivity contribution in [3.63, 3.8) is 0 Å². The minimum absolute atomic E-state index is 0.401. The average molecular weight is 277 g/mol. The number of rotatable bonds is 2. The van der Waals surface area contributed by atoms with Crippen LogP contribution in [0.25, 0.3) is 11.4 Å². The zero-order chi connectivity index (χ0) is 11.5. The topological polar surface area (TPSA) is 42.9 Å². The summed E-state index contributed by atoms with van der Waals surface area (Å²) in [5.74, 6) is 0.564. The highest BCUT2D eigenvalue weighted by atomic mass is 79.9. The molecule has 4 heteroatoms. The van der Waals surface area contributed by atoms with Crippen LogP contribution in [-0.2, 0) is 0 Å². The Labute approximate surface area is 102 Å². The third-order valence-electron chi connectivity index (χ3n) is 2.11. The van der Waals surface area contributed by atoms with Gasteiger partial charge in [-0.25, -0.2) is 9.97 Å². The Hall–Kier alpha value is -1.55. The number of carbonyl (C=O) groups excluding carboxylic acids is 1. The van der Waals surface area contributed by atoms with Crippen molar-refractivity contribution >= 4 is 22.2 Å². The van der Waals surface area contributed by atoms with Crippen LogP contribution < -0.4 is 0 Å². The normalized spacial score (nSPS) is 10.1. The lowest BCUT2D eigenvalue weighted by Gasteiger charge is -2.04. The molecule has 0 bridgehead atoms. The Morgan fingerprint density at radius 2 is 2.00 bits per heavy atom. The first kappa shape index (κ1) is 11.0. The van der Waals surface area contributed by atoms with Crippen LogP contribution in [0.15, 0.2) is 34.8 Å². The van der Waals surface area contributed by atoms with Crippen molar-refractivity contribution in [3.05, 3.63) is 46.2 Å². The van der Waals surface area contributed by atoms with Gasteiger partial charge in [-0.3, -0.25) is 4.79 Å². The maximum Gasteiger partial charge on any atom is 0.168 e. The van der Waals surface area contributed by atoms with E-state index in [1.165, 1.54) is 0 Å². The minimum Gasteiger partial charge on any atom is -0.296 e. The molecule has 0 radical (unpaired) electrons. The number of carbonyl (C=O) groups is 1. The van der Waals surface area contributed by atoms with Crippen LogP contribution in [0.2, 0.25) is 0 Å². The lowest BCUT2D eigenvalue weighted by molar-refractivity contribution is 0.111. The molecule has 0 atom stereocenters. The summed E-state index contributed by atoms with van der Waals surface area (Å²) in [5, 5.41) is 0. The van der Waals surface area contributed by atoms with E-state index < -0.39 is 0 Å². The van der Waals surface area contributed by atoms with Crippen molar-refractivity contribution in [2.45, 2.75) is 6.92 Å². The molecule has 80 valence electrons. The van der Waals surface area contributed by atoms with Crippen molar-refractivity contribution in [1.29, 1.82) is 0 Å². The molecule has 1 aromatic heterocycles. The second-order valence-electron chi connectivity index (χ2n) is 3.36. The highest BCUT2D eigenvalue weighted by Crippen LogP contribution is 2.25. The van der Waals surface area contributed by atoms with Gasteiger partial charge in [-0.05, 0) is 19.1 Å². The molecule has 0 fully saturated rings. The summed E-state index contributed by atoms with van der Waals surface area (Å²) in [5.41, 5.74) is 2.07. The molecule has 0 amide bonds. The highest BCUT2D eigenvalue weighted by molar-refractivity contribution is 9.10. The predicted octanol–water partition coefficient (Wildman–Crippen LogP) is 3.03. The number of aldehydes is 1. The van der Waals surface area contributed by atoms with E-state index in [4.69, 9.17) is 0 Å². The van der Waals surface area contributed by atoms with Gasteiger partial charge in [0.2, 0.25) is 0 Å². The first-order valence-corrected chi connectivity index (χ1v) is 5.56. The Morgan fingerprint density at radius 1 is 1.25 bits per heavy atom. The van der Waals surface area contributed by atoms with Crippen LogP contribution in [0, 0.1) is 6.92 Å². The van der Waals surface area contributed by atoms with Gasteiger partial charge >= 0.3 is 0 Å². The first-order valence-electron chi connectivity index (χ1n) is 4.76. The van der Waals surface area contributed by atoms with Crippen LogP contribution in [0.4, 0.5) is 0 Å². The standard InChI is InChI=1S/C12H9BrN2O/c1-8-6-9(7-16)15-12(14-8)10-4-2-3-5-11(10)13/h2-7H,1H3. The second-order valence-corrected chi connectivity index (χ2v) is 4.21. The van der Waals surface area contributed by atoms with E-state index >= 15 is 0 Å². The summed E-state index contributed by atoms with van der Waals surface area (Å²) in [6.07, 6.45) is 0.731. The average Bonchev–Trinajstić information content (AvgIpc) is 2.28. The van der Waals surface area contributed by atoms with Crippen molar-refractivity contribution in [3.8, 4) is 11.4 Å². The number of nitrogens with zero attached hydrogens (tertiary/aromatic N) is 2. The molecule has 3 nitrogen and oxygen atoms in total. The molecular formula is C12H9BrN2O. The quantitative estimate of drug-likeness (QED) is 0.792. The molecule has 0 unspecified atom stereocenters. The van der Waals surface area contributed by atoms with Crippen molar-refractivity contribution in [2.75, 3.05) is 0 Å². The van der Waals surface area contributed by atoms with E-state index in [0.717, 1.165) is 22.0 Å². The Kier molecular flexibility index (Phi) is 3.10. The molecule has 0 saturated heterocycles. The van der Waals surface area contributed by atoms with Crippen molar-refractivity contribution < 1.29 is 4.79 Å². The summed E-state index contributed by atoms with van der Waals surface area (Å²) < 4.78 is 0.914. The fourth-order valence-corrected chi connectivity index (χ4v) is 1.88. The zero-order valence-electron chi connectivity index (χ0n) is 8.64. The van der Waals surface area contributed by atoms with E-state index in [-0.39, 0.29) is 0 Å². The summed E-state index contributed by atoms with van der Waals surface area (Å²) in [4.78, 5) is 19.2. The maximum absolute atomic E-state index is 10.7. The maximum atomic E-state index is 10.7. The van der Waals surface area contributed by atoms with E-state index in [1.54, 1.807) is 6.07 Å². The molecule has 2 aromatic rings. The second kappa shape index (κ2) is 4.53. The third-order valence-corrected chi connectivity index (χ3v) is 2.80. The lowest BCUT2D eigenvalue weighted by Crippen LogP contribution is -1.97. The van der Waals surface area contributed by atoms with Crippen LogP contribution in [0.3, 0.4) is 0 Å². The van der Waals surface area contributed by atoms with E-state index in [0.29, 0.717) is 11.5 Å². The van der Waals surface area contributed by atoms with Gasteiger partial charge in [0.25, 0.3) is 0 Å². The number of hydrogen-bond donors (Lipinski definition) is 0. The Balaban J connectivity index is 2.60. The predicted molar refractivity (Wildman–Crippen MR) is 65.3 cm³/mol. The molecule has 2 rings (SSSR count). The van der Waals surface area contributed by atoms with Crippen LogP contribution >= 0.6 is 15.9 Å². The van der Waals surface area contributed by atoms with Gasteiger partial charge in [0.05, 0.1) is 0 Å². The van der Waals surface area contributed by atoms with Gasteiger partial charge in [0, 0.05) is 15.7 Å². The third kappa shape index (κ3) is 2.17. The summed E-state index contributed by atoms with van der Waals surface area (Å²) in [7, 11) is 0. The van der Waals surface area contributed by atoms with Gasteiger partial charge in [-0.2, -0.15) is 0 Å². The molecule has 0 N–H and O–H groups in total. The molecule has 16 heavy (non-hydrogen) atoms. The van der Waals surface area contributed by atoms with Crippen LogP contribution in [-0.4, -0.2) is 16.3 Å². The SMILES string of the molecule is Cc1cc(C=O)nc(-c2ccccc2Br)n1. The van der Waals surface area contributed by atoms with Gasteiger partial charge in [-0.1, -0.05) is 34.1 Å². The lowest BCUT2D eigenvalue weighted by atomic mass is 10.2. The number of halogens is 1. The van der Waals surface area contributed by atoms with Crippen LogP contribution in [0.1, 0.15) is 16.2 Å². The Morgan fingerprint density at radius 3 is 2.69 bits per heavy atom. The first-order chi connectivity index (χ1) is 7.70. The van der Waals surface area contributed by atoms with Gasteiger partial charge in [0.1, 0.15) is 5.69 Å². The van der Waals surface area contributed by atoms with E-state index in [1.807, 2.05) is 31.2 Å². The van der Waals surface area contributed by atoms with E-state index in [9.17, 15) is 4.79 Å². The summed E-state index contributed by atoms with van der Waals surface area (Å²) in [6.45, 7) is 1.84. The minimum atomic E-state index is 0.401. The molecule has 0 saturated carbocycles. The smallest absolute Gasteiger partial charge is 0.168 e. The fourth-order valence-electron chi connectivity index (χ4n) is 1.42. The molecule has 1 heterocycles. The van der Waals surface area contributed by atoms with Gasteiger partial charge < -0.3 is 0 Å². The van der Waals surface area contributed by atoms with Gasteiger partial charge in [-0.15, -0.1) is 0 Å². The van der Waals surface area contributed by atoms with Crippen LogP contribution in [0.5, 0.6) is 0 Å². The zero-order valence-corrected chi connectivity index (χ0v) is 10.2. The van der Waals surface area contributed by atoms with Crippen molar-refractivity contribution in [2.24, 2.45) is 0 Å². The summed E-state index contributed by atoms with van der Waals surface area (Å²) >= 11 is 3.44. The molecule has 0 spiro atoms. The number of hydrogen-bond acceptors (Lipinski definition) is 3. The van der Waals surface area contributed by atoms with Gasteiger partial charge in [0.15, 0.2) is 12.1 Å². The summed E-state index contributed by atoms with van der Waals surface area (Å²) in [6, 6.07) is 9.32. The molecule has 1 aromatic carbocycles. The highest BCUT2D eigenvalue weighted by Gasteiger charge is 2.07. The Bertz CT molecular complexity index is 540. The van der Waals surface area contributed by atoms with E-state index in [2.05, 4.69) is 25.9 Å². The number of aromatic nitrogens is 2. The molecule has 0 aliphatic rings. The molecule has 0 aliphatic carbocycles. The monoisotopic (exact) mass is 276 g/mol. The number of benzene rings is 1. The largest absolute Gasteiger partial charge is 0.296 e.